The molecule has 5 rings (SSSR count). The summed E-state index contributed by atoms with van der Waals surface area (Å²) in [6.45, 7) is 5.09. The first-order valence-corrected chi connectivity index (χ1v) is 10.8. The van der Waals surface area contributed by atoms with E-state index < -0.39 is 0 Å². The van der Waals surface area contributed by atoms with E-state index in [0.29, 0.717) is 5.52 Å². The highest BCUT2D eigenvalue weighted by Gasteiger charge is 2.38. The number of hydrogen-bond donors (Lipinski definition) is 0. The lowest BCUT2D eigenvalue weighted by Gasteiger charge is -2.27. The molecule has 4 aromatic rings. The summed E-state index contributed by atoms with van der Waals surface area (Å²) in [5.74, 6) is 0.826. The highest BCUT2D eigenvalue weighted by Crippen LogP contribution is 2.51. The van der Waals surface area contributed by atoms with Gasteiger partial charge in [0.05, 0.1) is 10.4 Å². The van der Waals surface area contributed by atoms with Gasteiger partial charge in [0.2, 0.25) is 0 Å². The zero-order valence-corrected chi connectivity index (χ0v) is 17.8. The zero-order chi connectivity index (χ0) is 21.6. The molecule has 0 bridgehead atoms. The third-order valence-corrected chi connectivity index (χ3v) is 6.79. The van der Waals surface area contributed by atoms with Gasteiger partial charge in [-0.25, -0.2) is 4.98 Å². The fraction of sp³-hybridized carbons (Fsp3) is 0.269. The van der Waals surface area contributed by atoms with Crippen LogP contribution in [0.5, 0.6) is 0 Å². The van der Waals surface area contributed by atoms with E-state index in [-0.39, 0.29) is 16.0 Å². The third kappa shape index (κ3) is 3.03. The molecule has 5 heteroatoms. The Bertz CT molecular complexity index is 1260. The van der Waals surface area contributed by atoms with E-state index in [1.807, 2.05) is 13.0 Å². The molecule has 0 atom stereocenters. The smallest absolute Gasteiger partial charge is 0.297 e. The lowest BCUT2D eigenvalue weighted by molar-refractivity contribution is -0.383. The minimum atomic E-state index is -0.352. The van der Waals surface area contributed by atoms with Gasteiger partial charge in [-0.05, 0) is 48.1 Å². The molecule has 0 N–H and O–H groups in total. The van der Waals surface area contributed by atoms with Gasteiger partial charge in [0.25, 0.3) is 5.69 Å². The molecule has 0 amide bonds. The Morgan fingerprint density at radius 2 is 1.58 bits per heavy atom. The monoisotopic (exact) mass is 411 g/mol. The molecule has 0 fully saturated rings. The number of benzene rings is 3. The number of aromatic nitrogens is 2. The Kier molecular flexibility index (Phi) is 4.62. The van der Waals surface area contributed by atoms with Gasteiger partial charge >= 0.3 is 0 Å². The predicted octanol–water partition coefficient (Wildman–Crippen LogP) is 6.41. The summed E-state index contributed by atoms with van der Waals surface area (Å²) in [5, 5.41) is 11.3. The van der Waals surface area contributed by atoms with Gasteiger partial charge in [-0.2, -0.15) is 0 Å². The largest absolute Gasteiger partial charge is 0.328 e. The summed E-state index contributed by atoms with van der Waals surface area (Å²) in [4.78, 5) is 15.5. The summed E-state index contributed by atoms with van der Waals surface area (Å²) < 4.78 is 2.11. The van der Waals surface area contributed by atoms with Crippen molar-refractivity contribution in [3.05, 3.63) is 93.8 Å². The van der Waals surface area contributed by atoms with Crippen molar-refractivity contribution in [2.45, 2.75) is 45.1 Å². The summed E-state index contributed by atoms with van der Waals surface area (Å²) in [6, 6.07) is 22.7. The van der Waals surface area contributed by atoms with Gasteiger partial charge in [0.15, 0.2) is 5.52 Å². The Balaban J connectivity index is 1.37. The van der Waals surface area contributed by atoms with E-state index in [2.05, 4.69) is 65.0 Å². The molecule has 3 aromatic carbocycles. The van der Waals surface area contributed by atoms with Gasteiger partial charge < -0.3 is 4.57 Å². The average molecular weight is 412 g/mol. The van der Waals surface area contributed by atoms with E-state index in [1.165, 1.54) is 28.3 Å². The minimum absolute atomic E-state index is 0.0119. The normalized spacial score (nSPS) is 13.9. The van der Waals surface area contributed by atoms with Crippen LogP contribution in [0.3, 0.4) is 0 Å². The van der Waals surface area contributed by atoms with Crippen molar-refractivity contribution in [1.29, 1.82) is 0 Å². The number of nitro benzene ring substituents is 1. The number of imidazole rings is 1. The van der Waals surface area contributed by atoms with Crippen LogP contribution in [-0.2, 0) is 12.0 Å². The van der Waals surface area contributed by atoms with Crippen molar-refractivity contribution < 1.29 is 4.92 Å². The maximum Gasteiger partial charge on any atom is 0.297 e. The van der Waals surface area contributed by atoms with Crippen LogP contribution in [0, 0.1) is 17.0 Å². The van der Waals surface area contributed by atoms with Crippen molar-refractivity contribution in [1.82, 2.24) is 9.55 Å². The molecule has 5 nitrogen and oxygen atoms in total. The minimum Gasteiger partial charge on any atom is -0.328 e. The Hall–Kier alpha value is -3.47. The predicted molar refractivity (Wildman–Crippen MR) is 123 cm³/mol. The average Bonchev–Trinajstić information content (AvgIpc) is 3.23. The van der Waals surface area contributed by atoms with Crippen LogP contribution in [-0.4, -0.2) is 14.5 Å². The fourth-order valence-corrected chi connectivity index (χ4v) is 5.24. The molecule has 1 heterocycles. The molecule has 0 radical (unpaired) electrons. The number of nitro groups is 1. The number of aryl methyl sites for hydroxylation is 2. The maximum absolute atomic E-state index is 11.3. The topological polar surface area (TPSA) is 61.0 Å². The molecular weight excluding hydrogens is 386 g/mol. The molecule has 0 aliphatic heterocycles. The maximum atomic E-state index is 11.3. The quantitative estimate of drug-likeness (QED) is 0.209. The zero-order valence-electron chi connectivity index (χ0n) is 17.8. The van der Waals surface area contributed by atoms with Crippen LogP contribution in [0.2, 0.25) is 0 Å². The molecule has 1 aromatic heterocycles. The lowest BCUT2D eigenvalue weighted by Crippen LogP contribution is -2.20. The Labute approximate surface area is 181 Å². The van der Waals surface area contributed by atoms with E-state index >= 15 is 0 Å². The number of rotatable bonds is 6. The molecule has 0 saturated heterocycles. The number of hydrogen-bond acceptors (Lipinski definition) is 3. The second-order valence-corrected chi connectivity index (χ2v) is 8.59. The first-order chi connectivity index (χ1) is 15.0. The van der Waals surface area contributed by atoms with Crippen molar-refractivity contribution in [3.63, 3.8) is 0 Å². The standard InChI is InChI=1S/C26H25N3O2/c1-18-27-25-23(14-9-15-24(25)29(30)31)28(18)17-8-7-16-26(2)21-12-5-3-10-19(21)20-11-4-6-13-22(20)26/h3-6,9-15H,7-8,16-17H2,1-2H3. The summed E-state index contributed by atoms with van der Waals surface area (Å²) in [5.41, 5.74) is 6.94. The van der Waals surface area contributed by atoms with Crippen molar-refractivity contribution >= 4 is 16.7 Å². The third-order valence-electron chi connectivity index (χ3n) is 6.79. The molecule has 0 unspecified atom stereocenters. The molecule has 1 aliphatic carbocycles. The van der Waals surface area contributed by atoms with Crippen LogP contribution in [0.15, 0.2) is 66.7 Å². The molecule has 156 valence electrons. The molecule has 0 saturated carbocycles. The molecular formula is C26H25N3O2. The van der Waals surface area contributed by atoms with Gasteiger partial charge in [-0.15, -0.1) is 0 Å². The van der Waals surface area contributed by atoms with E-state index in [4.69, 9.17) is 0 Å². The highest BCUT2D eigenvalue weighted by atomic mass is 16.6. The second kappa shape index (κ2) is 7.34. The SMILES string of the molecule is Cc1nc2c([N+](=O)[O-])cccc2n1CCCCC1(C)c2ccccc2-c2ccccc21. The summed E-state index contributed by atoms with van der Waals surface area (Å²) in [7, 11) is 0. The first-order valence-electron chi connectivity index (χ1n) is 10.8. The number of unbranched alkanes of at least 4 members (excludes halogenated alkanes) is 1. The molecule has 0 spiro atoms. The van der Waals surface area contributed by atoms with Gasteiger partial charge in [0.1, 0.15) is 5.82 Å². The van der Waals surface area contributed by atoms with Crippen molar-refractivity contribution in [3.8, 4) is 11.1 Å². The van der Waals surface area contributed by atoms with Crippen LogP contribution >= 0.6 is 0 Å². The summed E-state index contributed by atoms with van der Waals surface area (Å²) in [6.07, 6.45) is 3.12. The summed E-state index contributed by atoms with van der Waals surface area (Å²) >= 11 is 0. The van der Waals surface area contributed by atoms with Gasteiger partial charge in [0, 0.05) is 18.0 Å². The van der Waals surface area contributed by atoms with Crippen LogP contribution in [0.1, 0.15) is 43.1 Å². The Morgan fingerprint density at radius 3 is 2.23 bits per heavy atom. The number of non-ortho nitro benzene ring substituents is 1. The van der Waals surface area contributed by atoms with Crippen LogP contribution < -0.4 is 0 Å². The van der Waals surface area contributed by atoms with Crippen LogP contribution in [0.4, 0.5) is 5.69 Å². The number of nitrogens with zero attached hydrogens (tertiary/aromatic N) is 3. The fourth-order valence-electron chi connectivity index (χ4n) is 5.24. The van der Waals surface area contributed by atoms with Crippen LogP contribution in [0.25, 0.3) is 22.2 Å². The van der Waals surface area contributed by atoms with Gasteiger partial charge in [-0.3, -0.25) is 10.1 Å². The van der Waals surface area contributed by atoms with Gasteiger partial charge in [-0.1, -0.05) is 67.9 Å². The highest BCUT2D eigenvalue weighted by molar-refractivity contribution is 5.85. The molecule has 31 heavy (non-hydrogen) atoms. The molecule has 1 aliphatic rings. The Morgan fingerprint density at radius 1 is 0.935 bits per heavy atom. The number of fused-ring (bicyclic) bond motifs is 4. The van der Waals surface area contributed by atoms with E-state index in [0.717, 1.165) is 37.1 Å². The lowest BCUT2D eigenvalue weighted by atomic mass is 9.76. The second-order valence-electron chi connectivity index (χ2n) is 8.59. The van der Waals surface area contributed by atoms with E-state index in [1.54, 1.807) is 6.07 Å². The van der Waals surface area contributed by atoms with Crippen molar-refractivity contribution in [2.24, 2.45) is 0 Å². The van der Waals surface area contributed by atoms with Crippen molar-refractivity contribution in [2.75, 3.05) is 0 Å². The van der Waals surface area contributed by atoms with E-state index in [9.17, 15) is 10.1 Å². The number of para-hydroxylation sites is 1. The first kappa shape index (κ1) is 19.5.